The van der Waals surface area contributed by atoms with Crippen molar-refractivity contribution < 1.29 is 19.3 Å². The fourth-order valence-corrected chi connectivity index (χ4v) is 1.25. The summed E-state index contributed by atoms with van der Waals surface area (Å²) in [5.41, 5.74) is 0. The molecule has 4 unspecified atom stereocenters. The van der Waals surface area contributed by atoms with Crippen molar-refractivity contribution in [3.63, 3.8) is 0 Å². The van der Waals surface area contributed by atoms with Crippen molar-refractivity contribution in [2.45, 2.75) is 24.6 Å². The van der Waals surface area contributed by atoms with Gasteiger partial charge >= 0.3 is 0 Å². The number of epoxide rings is 1. The SMILES string of the molecule is COC1OCC(O)C2OC12. The molecule has 2 saturated heterocycles. The molecule has 4 heteroatoms. The van der Waals surface area contributed by atoms with E-state index in [1.165, 1.54) is 0 Å². The standard InChI is InChI=1S/C6H10O4/c1-8-6-5-4(10-5)3(7)2-9-6/h3-7H,2H2,1H3. The summed E-state index contributed by atoms with van der Waals surface area (Å²) in [5.74, 6) is 0. The molecule has 0 aromatic carbocycles. The predicted molar refractivity (Wildman–Crippen MR) is 31.4 cm³/mol. The van der Waals surface area contributed by atoms with Crippen molar-refractivity contribution in [3.05, 3.63) is 0 Å². The number of ether oxygens (including phenoxy) is 3. The molecule has 2 aliphatic heterocycles. The van der Waals surface area contributed by atoms with Crippen molar-refractivity contribution >= 4 is 0 Å². The number of hydrogen-bond acceptors (Lipinski definition) is 4. The Morgan fingerprint density at radius 2 is 2.30 bits per heavy atom. The maximum Gasteiger partial charge on any atom is 0.186 e. The van der Waals surface area contributed by atoms with E-state index in [-0.39, 0.29) is 18.5 Å². The maximum absolute atomic E-state index is 9.13. The van der Waals surface area contributed by atoms with Crippen LogP contribution in [0, 0.1) is 0 Å². The van der Waals surface area contributed by atoms with Crippen LogP contribution in [0.5, 0.6) is 0 Å². The fourth-order valence-electron chi connectivity index (χ4n) is 1.25. The molecule has 0 aromatic rings. The van der Waals surface area contributed by atoms with E-state index in [1.54, 1.807) is 7.11 Å². The van der Waals surface area contributed by atoms with Crippen LogP contribution in [0.2, 0.25) is 0 Å². The smallest absolute Gasteiger partial charge is 0.186 e. The van der Waals surface area contributed by atoms with Crippen LogP contribution in [0.4, 0.5) is 0 Å². The lowest BCUT2D eigenvalue weighted by Gasteiger charge is -2.20. The largest absolute Gasteiger partial charge is 0.388 e. The molecule has 2 aliphatic rings. The Balaban J connectivity index is 1.95. The lowest BCUT2D eigenvalue weighted by Crippen LogP contribution is -2.38. The highest BCUT2D eigenvalue weighted by Crippen LogP contribution is 2.34. The first-order valence-electron chi connectivity index (χ1n) is 3.31. The fraction of sp³-hybridized carbons (Fsp3) is 1.00. The lowest BCUT2D eigenvalue weighted by atomic mass is 10.1. The van der Waals surface area contributed by atoms with Crippen molar-refractivity contribution in [3.8, 4) is 0 Å². The van der Waals surface area contributed by atoms with Crippen LogP contribution in [0.25, 0.3) is 0 Å². The Morgan fingerprint density at radius 3 is 3.00 bits per heavy atom. The average Bonchev–Trinajstić information content (AvgIpc) is 2.68. The van der Waals surface area contributed by atoms with Crippen LogP contribution in [0.3, 0.4) is 0 Å². The van der Waals surface area contributed by atoms with E-state index in [0.29, 0.717) is 6.61 Å². The normalized spacial score (nSPS) is 52.2. The molecule has 0 aliphatic carbocycles. The van der Waals surface area contributed by atoms with Crippen LogP contribution in [0.15, 0.2) is 0 Å². The van der Waals surface area contributed by atoms with Crippen molar-refractivity contribution in [2.24, 2.45) is 0 Å². The zero-order chi connectivity index (χ0) is 7.14. The van der Waals surface area contributed by atoms with E-state index in [0.717, 1.165) is 0 Å². The highest BCUT2D eigenvalue weighted by atomic mass is 16.7. The molecule has 58 valence electrons. The molecule has 0 saturated carbocycles. The number of rotatable bonds is 1. The second-order valence-electron chi connectivity index (χ2n) is 2.57. The van der Waals surface area contributed by atoms with Gasteiger partial charge in [-0.25, -0.2) is 0 Å². The average molecular weight is 146 g/mol. The Labute approximate surface area is 58.7 Å². The summed E-state index contributed by atoms with van der Waals surface area (Å²) >= 11 is 0. The molecule has 0 bridgehead atoms. The zero-order valence-electron chi connectivity index (χ0n) is 5.69. The van der Waals surface area contributed by atoms with Gasteiger partial charge in [0, 0.05) is 7.11 Å². The van der Waals surface area contributed by atoms with Crippen LogP contribution in [0.1, 0.15) is 0 Å². The Hall–Kier alpha value is -0.160. The van der Waals surface area contributed by atoms with Gasteiger partial charge in [-0.3, -0.25) is 0 Å². The zero-order valence-corrected chi connectivity index (χ0v) is 5.69. The van der Waals surface area contributed by atoms with Crippen molar-refractivity contribution in [1.29, 1.82) is 0 Å². The van der Waals surface area contributed by atoms with E-state index >= 15 is 0 Å². The van der Waals surface area contributed by atoms with E-state index in [4.69, 9.17) is 19.3 Å². The molecule has 2 heterocycles. The summed E-state index contributed by atoms with van der Waals surface area (Å²) in [4.78, 5) is 0. The van der Waals surface area contributed by atoms with Gasteiger partial charge in [-0.05, 0) is 0 Å². The van der Waals surface area contributed by atoms with Gasteiger partial charge in [0.25, 0.3) is 0 Å². The molecular weight excluding hydrogens is 136 g/mol. The van der Waals surface area contributed by atoms with Gasteiger partial charge in [-0.15, -0.1) is 0 Å². The van der Waals surface area contributed by atoms with Crippen LogP contribution in [-0.4, -0.2) is 43.4 Å². The third-order valence-electron chi connectivity index (χ3n) is 1.87. The van der Waals surface area contributed by atoms with Crippen molar-refractivity contribution in [2.75, 3.05) is 13.7 Å². The molecule has 0 spiro atoms. The molecule has 2 fully saturated rings. The highest BCUT2D eigenvalue weighted by molar-refractivity contribution is 4.96. The van der Waals surface area contributed by atoms with Crippen LogP contribution < -0.4 is 0 Å². The van der Waals surface area contributed by atoms with Crippen LogP contribution in [-0.2, 0) is 14.2 Å². The second kappa shape index (κ2) is 2.17. The van der Waals surface area contributed by atoms with Crippen LogP contribution >= 0.6 is 0 Å². The summed E-state index contributed by atoms with van der Waals surface area (Å²) in [6, 6.07) is 0. The van der Waals surface area contributed by atoms with E-state index in [1.807, 2.05) is 0 Å². The quantitative estimate of drug-likeness (QED) is 0.488. The molecule has 2 rings (SSSR count). The van der Waals surface area contributed by atoms with E-state index in [2.05, 4.69) is 0 Å². The summed E-state index contributed by atoms with van der Waals surface area (Å²) in [6.07, 6.45) is -0.808. The minimum absolute atomic E-state index is 0.0336. The first-order chi connectivity index (χ1) is 4.83. The van der Waals surface area contributed by atoms with Gasteiger partial charge in [-0.2, -0.15) is 0 Å². The third kappa shape index (κ3) is 0.845. The molecule has 1 N–H and O–H groups in total. The molecule has 4 atom stereocenters. The number of methoxy groups -OCH3 is 1. The molecule has 0 radical (unpaired) electrons. The monoisotopic (exact) mass is 146 g/mol. The summed E-state index contributed by atoms with van der Waals surface area (Å²) in [7, 11) is 1.57. The van der Waals surface area contributed by atoms with Gasteiger partial charge in [0.05, 0.1) is 6.61 Å². The van der Waals surface area contributed by atoms with Crippen molar-refractivity contribution in [1.82, 2.24) is 0 Å². The first-order valence-corrected chi connectivity index (χ1v) is 3.31. The number of fused-ring (bicyclic) bond motifs is 1. The number of aliphatic hydroxyl groups excluding tert-OH is 1. The van der Waals surface area contributed by atoms with Gasteiger partial charge in [0.15, 0.2) is 6.29 Å². The minimum atomic E-state index is -0.462. The minimum Gasteiger partial charge on any atom is -0.388 e. The van der Waals surface area contributed by atoms with Gasteiger partial charge in [0.1, 0.15) is 18.3 Å². The van der Waals surface area contributed by atoms with Gasteiger partial charge < -0.3 is 19.3 Å². The van der Waals surface area contributed by atoms with Gasteiger partial charge in [-0.1, -0.05) is 0 Å². The molecule has 4 nitrogen and oxygen atoms in total. The molecule has 0 aromatic heterocycles. The number of aliphatic hydroxyl groups is 1. The summed E-state index contributed by atoms with van der Waals surface area (Å²) in [5, 5.41) is 9.13. The third-order valence-corrected chi connectivity index (χ3v) is 1.87. The first kappa shape index (κ1) is 6.54. The lowest BCUT2D eigenvalue weighted by molar-refractivity contribution is -0.161. The summed E-state index contributed by atoms with van der Waals surface area (Å²) < 4.78 is 15.1. The Bertz CT molecular complexity index is 138. The van der Waals surface area contributed by atoms with E-state index in [9.17, 15) is 0 Å². The topological polar surface area (TPSA) is 51.2 Å². The molecule has 0 amide bonds. The maximum atomic E-state index is 9.13. The number of hydrogen-bond donors (Lipinski definition) is 1. The second-order valence-corrected chi connectivity index (χ2v) is 2.57. The predicted octanol–water partition coefficient (Wildman–Crippen LogP) is -0.883. The molecule has 10 heavy (non-hydrogen) atoms. The molecular formula is C6H10O4. The summed E-state index contributed by atoms with van der Waals surface area (Å²) in [6.45, 7) is 0.319. The highest BCUT2D eigenvalue weighted by Gasteiger charge is 2.53. The Morgan fingerprint density at radius 1 is 1.50 bits per heavy atom. The van der Waals surface area contributed by atoms with E-state index < -0.39 is 6.10 Å². The van der Waals surface area contributed by atoms with Gasteiger partial charge in [0.2, 0.25) is 0 Å². The Kier molecular flexibility index (Phi) is 1.42.